The topological polar surface area (TPSA) is 68.5 Å². The van der Waals surface area contributed by atoms with Gasteiger partial charge in [-0.1, -0.05) is 0 Å². The number of hydrogen-bond donors (Lipinski definition) is 1. The highest BCUT2D eigenvalue weighted by molar-refractivity contribution is 6.01. The van der Waals surface area contributed by atoms with Crippen LogP contribution in [0.2, 0.25) is 0 Å². The fourth-order valence-corrected chi connectivity index (χ4v) is 2.91. The van der Waals surface area contributed by atoms with Gasteiger partial charge in [-0.05, 0) is 39.2 Å². The van der Waals surface area contributed by atoms with E-state index in [1.54, 1.807) is 18.4 Å². The molecule has 1 atom stereocenters. The third-order valence-corrected chi connectivity index (χ3v) is 3.73. The lowest BCUT2D eigenvalue weighted by Gasteiger charge is -2.14. The van der Waals surface area contributed by atoms with Crippen LogP contribution < -0.4 is 0 Å². The molecule has 0 spiro atoms. The number of rotatable bonds is 4. The second-order valence-corrected chi connectivity index (χ2v) is 5.04. The van der Waals surface area contributed by atoms with E-state index in [1.807, 2.05) is 0 Å². The lowest BCUT2D eigenvalue weighted by atomic mass is 10.1. The van der Waals surface area contributed by atoms with Crippen LogP contribution in [0, 0.1) is 13.8 Å². The van der Waals surface area contributed by atoms with E-state index in [4.69, 9.17) is 4.74 Å². The van der Waals surface area contributed by atoms with Crippen LogP contribution in [0.5, 0.6) is 0 Å². The van der Waals surface area contributed by atoms with Crippen LogP contribution in [0.15, 0.2) is 0 Å². The summed E-state index contributed by atoms with van der Waals surface area (Å²) >= 11 is 0. The zero-order chi connectivity index (χ0) is 14.2. The molecule has 0 radical (unpaired) electrons. The summed E-state index contributed by atoms with van der Waals surface area (Å²) in [6.45, 7) is 6.19. The zero-order valence-corrected chi connectivity index (χ0v) is 11.5. The van der Waals surface area contributed by atoms with Crippen molar-refractivity contribution in [3.8, 4) is 0 Å². The minimum absolute atomic E-state index is 0.0448. The monoisotopic (exact) mass is 265 g/mol. The summed E-state index contributed by atoms with van der Waals surface area (Å²) in [4.78, 5) is 23.1. The largest absolute Gasteiger partial charge is 0.477 e. The number of carboxylic acids is 1. The van der Waals surface area contributed by atoms with E-state index in [2.05, 4.69) is 0 Å². The number of carboxylic acid groups (broad SMARTS) is 1. The molecule has 0 bridgehead atoms. The van der Waals surface area contributed by atoms with E-state index in [0.717, 1.165) is 25.1 Å². The molecule has 5 heteroatoms. The first-order chi connectivity index (χ1) is 8.93. The second kappa shape index (κ2) is 5.17. The molecule has 0 saturated carbocycles. The highest BCUT2D eigenvalue weighted by atomic mass is 16.5. The van der Waals surface area contributed by atoms with Gasteiger partial charge in [-0.25, -0.2) is 4.79 Å². The van der Waals surface area contributed by atoms with Crippen molar-refractivity contribution in [1.29, 1.82) is 0 Å². The molecule has 1 aliphatic heterocycles. The van der Waals surface area contributed by atoms with Gasteiger partial charge in [0.2, 0.25) is 0 Å². The zero-order valence-electron chi connectivity index (χ0n) is 11.5. The number of carbonyl (C=O) groups is 2. The van der Waals surface area contributed by atoms with Gasteiger partial charge in [0.05, 0.1) is 6.10 Å². The maximum atomic E-state index is 11.7. The predicted octanol–water partition coefficient (Wildman–Crippen LogP) is 2.18. The standard InChI is InChI=1S/C14H19NO4/c1-8-12(10(3)16)9(2)15(13(8)14(17)18)7-11-5-4-6-19-11/h11H,4-7H2,1-3H3,(H,17,18). The van der Waals surface area contributed by atoms with E-state index in [9.17, 15) is 14.7 Å². The molecule has 19 heavy (non-hydrogen) atoms. The van der Waals surface area contributed by atoms with Gasteiger partial charge in [-0.2, -0.15) is 0 Å². The Balaban J connectivity index is 2.47. The molecule has 1 saturated heterocycles. The fraction of sp³-hybridized carbons (Fsp3) is 0.571. The normalized spacial score (nSPS) is 18.8. The smallest absolute Gasteiger partial charge is 0.352 e. The minimum atomic E-state index is -0.994. The fourth-order valence-electron chi connectivity index (χ4n) is 2.91. The van der Waals surface area contributed by atoms with Crippen LogP contribution in [0.25, 0.3) is 0 Å². The van der Waals surface area contributed by atoms with Gasteiger partial charge in [0.15, 0.2) is 5.78 Å². The Bertz CT molecular complexity index is 524. The minimum Gasteiger partial charge on any atom is -0.477 e. The molecule has 1 fully saturated rings. The molecule has 2 heterocycles. The lowest BCUT2D eigenvalue weighted by molar-refractivity contribution is 0.0668. The molecule has 0 amide bonds. The number of ether oxygens (including phenoxy) is 1. The second-order valence-electron chi connectivity index (χ2n) is 5.04. The van der Waals surface area contributed by atoms with Gasteiger partial charge >= 0.3 is 5.97 Å². The van der Waals surface area contributed by atoms with Crippen molar-refractivity contribution < 1.29 is 19.4 Å². The molecule has 1 unspecified atom stereocenters. The van der Waals surface area contributed by atoms with Crippen molar-refractivity contribution in [3.05, 3.63) is 22.5 Å². The van der Waals surface area contributed by atoms with Crippen LogP contribution in [-0.4, -0.2) is 34.1 Å². The average Bonchev–Trinajstić information content (AvgIpc) is 2.87. The predicted molar refractivity (Wildman–Crippen MR) is 69.8 cm³/mol. The van der Waals surface area contributed by atoms with E-state index < -0.39 is 5.97 Å². The number of hydrogen-bond acceptors (Lipinski definition) is 3. The molecular weight excluding hydrogens is 246 g/mol. The Labute approximate surface area is 112 Å². The van der Waals surface area contributed by atoms with E-state index in [-0.39, 0.29) is 17.6 Å². The summed E-state index contributed by atoms with van der Waals surface area (Å²) in [7, 11) is 0. The Morgan fingerprint density at radius 3 is 2.58 bits per heavy atom. The van der Waals surface area contributed by atoms with Crippen molar-refractivity contribution >= 4 is 11.8 Å². The number of carbonyl (C=O) groups excluding carboxylic acids is 1. The summed E-state index contributed by atoms with van der Waals surface area (Å²) in [6.07, 6.45) is 1.99. The van der Waals surface area contributed by atoms with Crippen LogP contribution in [0.4, 0.5) is 0 Å². The van der Waals surface area contributed by atoms with Crippen LogP contribution in [0.3, 0.4) is 0 Å². The first-order valence-electron chi connectivity index (χ1n) is 6.49. The molecule has 1 aromatic rings. The van der Waals surface area contributed by atoms with Gasteiger partial charge < -0.3 is 14.4 Å². The summed E-state index contributed by atoms with van der Waals surface area (Å²) in [5, 5.41) is 9.37. The van der Waals surface area contributed by atoms with Gasteiger partial charge in [0, 0.05) is 24.4 Å². The third-order valence-electron chi connectivity index (χ3n) is 3.73. The first kappa shape index (κ1) is 13.8. The quantitative estimate of drug-likeness (QED) is 0.847. The molecule has 1 N–H and O–H groups in total. The van der Waals surface area contributed by atoms with Crippen molar-refractivity contribution in [2.75, 3.05) is 6.61 Å². The lowest BCUT2D eigenvalue weighted by Crippen LogP contribution is -2.20. The average molecular weight is 265 g/mol. The van der Waals surface area contributed by atoms with Crippen LogP contribution >= 0.6 is 0 Å². The highest BCUT2D eigenvalue weighted by Crippen LogP contribution is 2.25. The third kappa shape index (κ3) is 2.42. The summed E-state index contributed by atoms with van der Waals surface area (Å²) in [5.74, 6) is -1.09. The molecule has 0 aromatic carbocycles. The Hall–Kier alpha value is -1.62. The van der Waals surface area contributed by atoms with Gasteiger partial charge in [0.1, 0.15) is 5.69 Å². The Morgan fingerprint density at radius 2 is 2.11 bits per heavy atom. The van der Waals surface area contributed by atoms with Crippen molar-refractivity contribution in [1.82, 2.24) is 4.57 Å². The van der Waals surface area contributed by atoms with E-state index >= 15 is 0 Å². The highest BCUT2D eigenvalue weighted by Gasteiger charge is 2.27. The molecule has 2 rings (SSSR count). The Kier molecular flexibility index (Phi) is 3.75. The molecule has 1 aliphatic rings. The number of aromatic nitrogens is 1. The molecule has 5 nitrogen and oxygen atoms in total. The molecule has 1 aromatic heterocycles. The van der Waals surface area contributed by atoms with Crippen LogP contribution in [-0.2, 0) is 11.3 Å². The van der Waals surface area contributed by atoms with Crippen molar-refractivity contribution in [3.63, 3.8) is 0 Å². The van der Waals surface area contributed by atoms with Gasteiger partial charge in [-0.3, -0.25) is 4.79 Å². The van der Waals surface area contributed by atoms with E-state index in [0.29, 0.717) is 17.7 Å². The van der Waals surface area contributed by atoms with Crippen molar-refractivity contribution in [2.45, 2.75) is 46.3 Å². The van der Waals surface area contributed by atoms with Gasteiger partial charge in [0.25, 0.3) is 0 Å². The number of aromatic carboxylic acids is 1. The molecular formula is C14H19NO4. The number of nitrogens with zero attached hydrogens (tertiary/aromatic N) is 1. The van der Waals surface area contributed by atoms with Crippen LogP contribution in [0.1, 0.15) is 51.9 Å². The maximum Gasteiger partial charge on any atom is 0.352 e. The van der Waals surface area contributed by atoms with Crippen molar-refractivity contribution in [2.24, 2.45) is 0 Å². The number of Topliss-reactive ketones (excluding diaryl/α,β-unsaturated/α-hetero) is 1. The summed E-state index contributed by atoms with van der Waals surface area (Å²) < 4.78 is 7.27. The first-order valence-corrected chi connectivity index (χ1v) is 6.49. The Morgan fingerprint density at radius 1 is 1.42 bits per heavy atom. The van der Waals surface area contributed by atoms with Gasteiger partial charge in [-0.15, -0.1) is 0 Å². The number of ketones is 1. The molecule has 104 valence electrons. The summed E-state index contributed by atoms with van der Waals surface area (Å²) in [6, 6.07) is 0. The van der Waals surface area contributed by atoms with E-state index in [1.165, 1.54) is 6.92 Å². The SMILES string of the molecule is CC(=O)c1c(C)c(C(=O)O)n(CC2CCCO2)c1C. The maximum absolute atomic E-state index is 11.7. The molecule has 0 aliphatic carbocycles. The summed E-state index contributed by atoms with van der Waals surface area (Å²) in [5.41, 5.74) is 2.00.